The van der Waals surface area contributed by atoms with Crippen LogP contribution in [0.3, 0.4) is 0 Å². The van der Waals surface area contributed by atoms with E-state index >= 15 is 0 Å². The van der Waals surface area contributed by atoms with Gasteiger partial charge in [-0.1, -0.05) is 11.5 Å². The minimum absolute atomic E-state index is 0. The van der Waals surface area contributed by atoms with Crippen molar-refractivity contribution in [3.05, 3.63) is 10.4 Å². The third-order valence-electron chi connectivity index (χ3n) is 1.70. The van der Waals surface area contributed by atoms with Crippen LogP contribution in [-0.4, -0.2) is 18.5 Å². The van der Waals surface area contributed by atoms with Crippen molar-refractivity contribution in [2.45, 2.75) is 25.3 Å². The van der Waals surface area contributed by atoms with E-state index in [9.17, 15) is 4.79 Å². The Balaban J connectivity index is -0.0000000807. The minimum Gasteiger partial charge on any atom is -0.356 e. The second kappa shape index (κ2) is 3.83. The van der Waals surface area contributed by atoms with Crippen LogP contribution in [0.2, 0.25) is 0 Å². The highest BCUT2D eigenvalue weighted by Gasteiger charge is 2.18. The normalized spacial score (nSPS) is 24.7. The molecule has 1 aliphatic rings. The monoisotopic (exact) mass is 164 g/mol. The highest BCUT2D eigenvalue weighted by Crippen LogP contribution is 2.08. The zero-order valence-electron chi connectivity index (χ0n) is 6.16. The van der Waals surface area contributed by atoms with Crippen molar-refractivity contribution in [3.63, 3.8) is 0 Å². The van der Waals surface area contributed by atoms with Crippen LogP contribution >= 0.6 is 0 Å². The number of rotatable bonds is 1. The fraction of sp³-hybridized carbons (Fsp3) is 0.833. The Labute approximate surface area is 71.8 Å². The molecule has 0 aliphatic carbocycles. The zero-order valence-corrected chi connectivity index (χ0v) is 6.16. The van der Waals surface area contributed by atoms with Gasteiger partial charge in [-0.3, -0.25) is 4.79 Å². The van der Waals surface area contributed by atoms with Crippen LogP contribution in [0, 0.1) is 0 Å². The largest absolute Gasteiger partial charge is 0.356 e. The van der Waals surface area contributed by atoms with Crippen molar-refractivity contribution in [1.29, 1.82) is 0 Å². The molecule has 0 saturated carbocycles. The van der Waals surface area contributed by atoms with Crippen molar-refractivity contribution in [1.82, 2.24) is 5.32 Å². The number of carbonyl (C=O) groups excluding carboxylic acids is 1. The molecule has 1 fully saturated rings. The van der Waals surface area contributed by atoms with Gasteiger partial charge in [-0.15, -0.1) is 0 Å². The quantitative estimate of drug-likeness (QED) is 0.360. The molecule has 5 nitrogen and oxygen atoms in total. The molecule has 0 aromatic heterocycles. The molecular weight excluding hydrogens is 144 g/mol. The van der Waals surface area contributed by atoms with Crippen LogP contribution in [0.4, 0.5) is 0 Å². The van der Waals surface area contributed by atoms with Crippen molar-refractivity contribution >= 4 is 5.91 Å². The SMILES string of the molecule is [HH].[HH].[HH].[HH].[HH].[N-]=[N+]=NC1CCCCNC1=O. The molecule has 70 valence electrons. The fourth-order valence-corrected chi connectivity index (χ4v) is 1.10. The molecule has 1 amide bonds. The van der Waals surface area contributed by atoms with Crippen molar-refractivity contribution in [3.8, 4) is 0 Å². The van der Waals surface area contributed by atoms with Crippen LogP contribution in [0.15, 0.2) is 5.11 Å². The summed E-state index contributed by atoms with van der Waals surface area (Å²) >= 11 is 0. The number of carbonyl (C=O) groups is 1. The van der Waals surface area contributed by atoms with Crippen LogP contribution in [0.1, 0.15) is 26.4 Å². The van der Waals surface area contributed by atoms with E-state index in [0.29, 0.717) is 13.0 Å². The van der Waals surface area contributed by atoms with Gasteiger partial charge in [-0.25, -0.2) is 0 Å². The highest BCUT2D eigenvalue weighted by atomic mass is 16.2. The molecule has 5 heteroatoms. The second-order valence-corrected chi connectivity index (χ2v) is 2.51. The Morgan fingerprint density at radius 3 is 3.27 bits per heavy atom. The molecule has 0 spiro atoms. The molecule has 1 atom stereocenters. The summed E-state index contributed by atoms with van der Waals surface area (Å²) in [6.45, 7) is 0.705. The first-order valence-electron chi connectivity index (χ1n) is 3.66. The zero-order chi connectivity index (χ0) is 8.10. The number of hydrogen-bond donors (Lipinski definition) is 1. The average molecular weight is 164 g/mol. The van der Waals surface area contributed by atoms with E-state index in [1.165, 1.54) is 0 Å². The maximum Gasteiger partial charge on any atom is 0.229 e. The summed E-state index contributed by atoms with van der Waals surface area (Å²) in [7, 11) is 0. The van der Waals surface area contributed by atoms with Crippen LogP contribution in [0.25, 0.3) is 10.4 Å². The molecule has 11 heavy (non-hydrogen) atoms. The molecular formula is C6H20N4O. The van der Waals surface area contributed by atoms with Gasteiger partial charge in [0.25, 0.3) is 0 Å². The van der Waals surface area contributed by atoms with Crippen molar-refractivity contribution in [2.75, 3.05) is 6.54 Å². The molecule has 1 saturated heterocycles. The van der Waals surface area contributed by atoms with Gasteiger partial charge >= 0.3 is 0 Å². The van der Waals surface area contributed by atoms with E-state index in [0.717, 1.165) is 12.8 Å². The molecule has 0 aromatic rings. The molecule has 1 heterocycles. The predicted octanol–water partition coefficient (Wildman–Crippen LogP) is 2.20. The highest BCUT2D eigenvalue weighted by molar-refractivity contribution is 5.82. The van der Waals surface area contributed by atoms with Gasteiger partial charge in [0, 0.05) is 18.6 Å². The molecule has 0 aromatic carbocycles. The average Bonchev–Trinajstić information content (AvgIpc) is 2.18. The van der Waals surface area contributed by atoms with E-state index in [1.54, 1.807) is 0 Å². The summed E-state index contributed by atoms with van der Waals surface area (Å²) in [6, 6.07) is -0.484. The van der Waals surface area contributed by atoms with Crippen LogP contribution in [-0.2, 0) is 4.79 Å². The maximum atomic E-state index is 11.0. The summed E-state index contributed by atoms with van der Waals surface area (Å²) in [5.41, 5.74) is 8.11. The van der Waals surface area contributed by atoms with Crippen LogP contribution < -0.4 is 5.32 Å². The first-order valence-corrected chi connectivity index (χ1v) is 3.66. The summed E-state index contributed by atoms with van der Waals surface area (Å²) in [5.74, 6) is -0.139. The van der Waals surface area contributed by atoms with Gasteiger partial charge < -0.3 is 5.32 Å². The number of azide groups is 1. The Morgan fingerprint density at radius 2 is 2.55 bits per heavy atom. The molecule has 1 unspecified atom stereocenters. The Bertz CT molecular complexity index is 211. The van der Waals surface area contributed by atoms with E-state index in [2.05, 4.69) is 15.3 Å². The number of hydrogen-bond acceptors (Lipinski definition) is 2. The van der Waals surface area contributed by atoms with E-state index in [1.807, 2.05) is 0 Å². The molecule has 0 radical (unpaired) electrons. The van der Waals surface area contributed by atoms with E-state index < -0.39 is 6.04 Å². The lowest BCUT2D eigenvalue weighted by molar-refractivity contribution is -0.122. The summed E-state index contributed by atoms with van der Waals surface area (Å²) in [6.07, 6.45) is 2.60. The fourth-order valence-electron chi connectivity index (χ4n) is 1.10. The van der Waals surface area contributed by atoms with Gasteiger partial charge in [0.15, 0.2) is 0 Å². The van der Waals surface area contributed by atoms with Gasteiger partial charge in [-0.05, 0) is 18.4 Å². The van der Waals surface area contributed by atoms with Gasteiger partial charge in [-0.2, -0.15) is 0 Å². The Kier molecular flexibility index (Phi) is 2.74. The lowest BCUT2D eigenvalue weighted by Gasteiger charge is -2.03. The lowest BCUT2D eigenvalue weighted by atomic mass is 10.1. The predicted molar refractivity (Wildman–Crippen MR) is 50.4 cm³/mol. The lowest BCUT2D eigenvalue weighted by Crippen LogP contribution is -2.31. The molecule has 0 bridgehead atoms. The molecule has 1 N–H and O–H groups in total. The maximum absolute atomic E-state index is 11.0. The summed E-state index contributed by atoms with van der Waals surface area (Å²) in [4.78, 5) is 13.6. The van der Waals surface area contributed by atoms with Crippen molar-refractivity contribution < 1.29 is 11.9 Å². The third-order valence-corrected chi connectivity index (χ3v) is 1.70. The van der Waals surface area contributed by atoms with Gasteiger partial charge in [0.2, 0.25) is 5.91 Å². The molecule has 1 aliphatic heterocycles. The second-order valence-electron chi connectivity index (χ2n) is 2.51. The Morgan fingerprint density at radius 1 is 1.73 bits per heavy atom. The standard InChI is InChI=1S/C6H10N4O.5H2/c7-10-9-5-3-1-2-4-8-6(5)11;;;;;/h5H,1-4H2,(H,8,11);5*1H. The first-order chi connectivity index (χ1) is 5.34. The van der Waals surface area contributed by atoms with E-state index in [4.69, 9.17) is 5.53 Å². The smallest absolute Gasteiger partial charge is 0.229 e. The number of nitrogens with one attached hydrogen (secondary N) is 1. The molecule has 1 rings (SSSR count). The Hall–Kier alpha value is -1.22. The third kappa shape index (κ3) is 2.13. The minimum atomic E-state index is -0.484. The van der Waals surface area contributed by atoms with Gasteiger partial charge in [0.1, 0.15) is 6.04 Å². The van der Waals surface area contributed by atoms with Crippen LogP contribution in [0.5, 0.6) is 0 Å². The summed E-state index contributed by atoms with van der Waals surface area (Å²) < 4.78 is 0. The topological polar surface area (TPSA) is 77.9 Å². The van der Waals surface area contributed by atoms with Crippen molar-refractivity contribution in [2.24, 2.45) is 5.11 Å². The number of nitrogens with zero attached hydrogens (tertiary/aromatic N) is 3. The van der Waals surface area contributed by atoms with E-state index in [-0.39, 0.29) is 13.0 Å². The first kappa shape index (κ1) is 7.88. The summed E-state index contributed by atoms with van der Waals surface area (Å²) in [5, 5.41) is 6.07. The van der Waals surface area contributed by atoms with Gasteiger partial charge in [0.05, 0.1) is 0 Å². The number of amides is 1.